The largest absolute Gasteiger partial charge is 0.424 e. The van der Waals surface area contributed by atoms with Crippen LogP contribution in [-0.4, -0.2) is 75.6 Å². The highest BCUT2D eigenvalue weighted by atomic mass is 32.2. The van der Waals surface area contributed by atoms with Gasteiger partial charge in [-0.15, -0.1) is 0 Å². The summed E-state index contributed by atoms with van der Waals surface area (Å²) in [6, 6.07) is 15.5. The molecule has 2 heterocycles. The van der Waals surface area contributed by atoms with Crippen molar-refractivity contribution in [3.05, 3.63) is 86.0 Å². The maximum atomic E-state index is 13.3. The number of hydrogen-bond donors (Lipinski definition) is 1. The first-order valence-corrected chi connectivity index (χ1v) is 16.3. The van der Waals surface area contributed by atoms with Gasteiger partial charge in [0, 0.05) is 50.6 Å². The highest BCUT2D eigenvalue weighted by molar-refractivity contribution is 7.99. The predicted octanol–water partition coefficient (Wildman–Crippen LogP) is 6.91. The first kappa shape index (κ1) is 33.0. The van der Waals surface area contributed by atoms with Crippen LogP contribution in [0.25, 0.3) is 22.2 Å². The van der Waals surface area contributed by atoms with Crippen LogP contribution in [0.3, 0.4) is 0 Å². The Balaban J connectivity index is 1.21. The summed E-state index contributed by atoms with van der Waals surface area (Å²) in [5, 5.41) is 26.9. The van der Waals surface area contributed by atoms with E-state index in [0.717, 1.165) is 36.3 Å². The van der Waals surface area contributed by atoms with E-state index in [1.807, 2.05) is 18.2 Å². The van der Waals surface area contributed by atoms with E-state index in [1.165, 1.54) is 23.9 Å². The minimum Gasteiger partial charge on any atom is -0.424 e. The smallest absolute Gasteiger partial charge is 0.313 e. The number of nitrogens with one attached hydrogen (secondary N) is 1. The van der Waals surface area contributed by atoms with Crippen LogP contribution in [-0.2, 0) is 4.79 Å². The molecule has 3 aromatic carbocycles. The van der Waals surface area contributed by atoms with Gasteiger partial charge in [-0.3, -0.25) is 34.8 Å². The fraction of sp³-hybridized carbons (Fsp3) is 0.394. The number of carbonyl (C=O) groups excluding carboxylic acids is 1. The Morgan fingerprint density at radius 3 is 2.09 bits per heavy atom. The van der Waals surface area contributed by atoms with Gasteiger partial charge in [-0.2, -0.15) is 0 Å². The van der Waals surface area contributed by atoms with Crippen LogP contribution < -0.4 is 5.32 Å². The van der Waals surface area contributed by atoms with Gasteiger partial charge >= 0.3 is 5.69 Å². The van der Waals surface area contributed by atoms with Crippen molar-refractivity contribution >= 4 is 45.8 Å². The van der Waals surface area contributed by atoms with Crippen LogP contribution in [0.2, 0.25) is 0 Å². The van der Waals surface area contributed by atoms with Crippen LogP contribution in [0.1, 0.15) is 50.7 Å². The Hall–Kier alpha value is -4.33. The van der Waals surface area contributed by atoms with Gasteiger partial charge in [0.25, 0.3) is 10.9 Å². The monoisotopic (exact) mass is 646 g/mol. The standard InChI is InChI=1S/C33H38N6O6S/c1-21(2)23-8-5-9-24(22(3)4)30(23)31-25(10-6-12-27(31)38(41)42)34-29(40)20-37-16-14-36(15-17-37)18-19-46-33-35-26-11-7-13-28(39(43)44)32(26)45-33/h5-13,21-22H,14-20H2,1-4H3,(H,34,40). The SMILES string of the molecule is CC(C)c1cccc(C(C)C)c1-c1c(NC(=O)CN2CCN(CCSc3nc4cccc([N+](=O)[O-])c4o3)CC2)cccc1[N+](=O)[O-]. The molecule has 1 aromatic heterocycles. The molecule has 13 heteroatoms. The van der Waals surface area contributed by atoms with Gasteiger partial charge in [0.2, 0.25) is 11.5 Å². The zero-order valence-corrected chi connectivity index (χ0v) is 27.2. The molecule has 1 fully saturated rings. The Bertz CT molecular complexity index is 1720. The van der Waals surface area contributed by atoms with E-state index in [0.29, 0.717) is 40.8 Å². The number of oxazole rings is 1. The molecule has 1 aliphatic rings. The molecule has 0 radical (unpaired) electrons. The molecule has 1 aliphatic heterocycles. The molecule has 4 aromatic rings. The lowest BCUT2D eigenvalue weighted by Crippen LogP contribution is -2.49. The molecule has 0 atom stereocenters. The van der Waals surface area contributed by atoms with Crippen molar-refractivity contribution < 1.29 is 19.1 Å². The number of anilines is 1. The van der Waals surface area contributed by atoms with Crippen LogP contribution in [0, 0.1) is 20.2 Å². The lowest BCUT2D eigenvalue weighted by atomic mass is 9.84. The summed E-state index contributed by atoms with van der Waals surface area (Å²) in [6.45, 7) is 12.2. The van der Waals surface area contributed by atoms with Gasteiger partial charge < -0.3 is 9.73 Å². The molecule has 12 nitrogen and oxygen atoms in total. The first-order chi connectivity index (χ1) is 22.0. The predicted molar refractivity (Wildman–Crippen MR) is 180 cm³/mol. The number of rotatable bonds is 12. The number of amides is 1. The highest BCUT2D eigenvalue weighted by Gasteiger charge is 2.27. The number of fused-ring (bicyclic) bond motifs is 1. The molecule has 242 valence electrons. The Morgan fingerprint density at radius 2 is 1.46 bits per heavy atom. The number of nitro groups is 2. The number of nitrogens with zero attached hydrogens (tertiary/aromatic N) is 5. The summed E-state index contributed by atoms with van der Waals surface area (Å²) in [5.41, 5.74) is 4.23. The van der Waals surface area contributed by atoms with Crippen molar-refractivity contribution in [2.24, 2.45) is 0 Å². The quantitative estimate of drug-likeness (QED) is 0.0978. The van der Waals surface area contributed by atoms with Crippen LogP contribution in [0.4, 0.5) is 17.1 Å². The zero-order valence-electron chi connectivity index (χ0n) is 26.4. The van der Waals surface area contributed by atoms with E-state index in [9.17, 15) is 25.0 Å². The third kappa shape index (κ3) is 7.38. The minimum atomic E-state index is -0.473. The van der Waals surface area contributed by atoms with Gasteiger partial charge in [0.1, 0.15) is 5.52 Å². The fourth-order valence-electron chi connectivity index (χ4n) is 5.84. The molecule has 0 saturated carbocycles. The van der Waals surface area contributed by atoms with E-state index in [1.54, 1.807) is 24.3 Å². The van der Waals surface area contributed by atoms with Crippen molar-refractivity contribution in [1.82, 2.24) is 14.8 Å². The van der Waals surface area contributed by atoms with Gasteiger partial charge in [-0.1, -0.05) is 69.8 Å². The molecule has 1 saturated heterocycles. The second-order valence-corrected chi connectivity index (χ2v) is 13.0. The van der Waals surface area contributed by atoms with E-state index in [2.05, 4.69) is 47.8 Å². The number of thioether (sulfide) groups is 1. The number of para-hydroxylation sites is 1. The average molecular weight is 647 g/mol. The fourth-order valence-corrected chi connectivity index (χ4v) is 6.67. The number of carbonyl (C=O) groups is 1. The Kier molecular flexibility index (Phi) is 10.3. The van der Waals surface area contributed by atoms with Crippen molar-refractivity contribution in [3.63, 3.8) is 0 Å². The number of non-ortho nitro benzene ring substituents is 1. The van der Waals surface area contributed by atoms with Crippen LogP contribution in [0.15, 0.2) is 64.2 Å². The summed E-state index contributed by atoms with van der Waals surface area (Å²) >= 11 is 1.41. The van der Waals surface area contributed by atoms with Gasteiger partial charge in [0.05, 0.1) is 27.6 Å². The van der Waals surface area contributed by atoms with Crippen LogP contribution >= 0.6 is 11.8 Å². The molecular weight excluding hydrogens is 608 g/mol. The zero-order chi connectivity index (χ0) is 33.0. The molecule has 0 aliphatic carbocycles. The second kappa shape index (κ2) is 14.4. The van der Waals surface area contributed by atoms with Crippen molar-refractivity contribution in [2.45, 2.75) is 44.8 Å². The summed E-state index contributed by atoms with van der Waals surface area (Å²) in [7, 11) is 0. The number of benzene rings is 3. The van der Waals surface area contributed by atoms with E-state index < -0.39 is 4.92 Å². The van der Waals surface area contributed by atoms with E-state index in [-0.39, 0.29) is 46.2 Å². The number of nitro benzene ring substituents is 2. The molecule has 46 heavy (non-hydrogen) atoms. The summed E-state index contributed by atoms with van der Waals surface area (Å²) in [6.07, 6.45) is 0. The molecule has 5 rings (SSSR count). The van der Waals surface area contributed by atoms with Gasteiger partial charge in [0.15, 0.2) is 0 Å². The second-order valence-electron chi connectivity index (χ2n) is 12.0. The summed E-state index contributed by atoms with van der Waals surface area (Å²) < 4.78 is 5.65. The Labute approximate surface area is 271 Å². The number of piperazine rings is 1. The third-order valence-corrected chi connectivity index (χ3v) is 8.98. The van der Waals surface area contributed by atoms with E-state index >= 15 is 0 Å². The number of hydrogen-bond acceptors (Lipinski definition) is 10. The van der Waals surface area contributed by atoms with E-state index in [4.69, 9.17) is 4.42 Å². The maximum Gasteiger partial charge on any atom is 0.313 e. The summed E-state index contributed by atoms with van der Waals surface area (Å²) in [4.78, 5) is 44.7. The van der Waals surface area contributed by atoms with Crippen molar-refractivity contribution in [1.29, 1.82) is 0 Å². The van der Waals surface area contributed by atoms with Gasteiger partial charge in [-0.25, -0.2) is 4.98 Å². The highest BCUT2D eigenvalue weighted by Crippen LogP contribution is 2.44. The average Bonchev–Trinajstić information content (AvgIpc) is 3.44. The molecule has 1 amide bonds. The Morgan fingerprint density at radius 1 is 0.870 bits per heavy atom. The third-order valence-electron chi connectivity index (χ3n) is 8.17. The topological polar surface area (TPSA) is 148 Å². The van der Waals surface area contributed by atoms with Gasteiger partial charge in [-0.05, 0) is 40.7 Å². The molecule has 0 spiro atoms. The first-order valence-electron chi connectivity index (χ1n) is 15.3. The molecule has 0 unspecified atom stereocenters. The lowest BCUT2D eigenvalue weighted by Gasteiger charge is -2.34. The molecule has 1 N–H and O–H groups in total. The normalized spacial score (nSPS) is 14.3. The number of aromatic nitrogens is 1. The molecule has 0 bridgehead atoms. The van der Waals surface area contributed by atoms with Crippen molar-refractivity contribution in [3.8, 4) is 11.1 Å². The minimum absolute atomic E-state index is 0.0321. The van der Waals surface area contributed by atoms with Crippen molar-refractivity contribution in [2.75, 3.05) is 50.3 Å². The summed E-state index contributed by atoms with van der Waals surface area (Å²) in [5.74, 6) is 0.739. The maximum absolute atomic E-state index is 13.3. The molecular formula is C33H38N6O6S. The lowest BCUT2D eigenvalue weighted by molar-refractivity contribution is -0.384. The van der Waals surface area contributed by atoms with Crippen LogP contribution in [0.5, 0.6) is 0 Å².